The van der Waals surface area contributed by atoms with Crippen molar-refractivity contribution in [3.05, 3.63) is 58.4 Å². The molecule has 2 aromatic heterocycles. The highest BCUT2D eigenvalue weighted by atomic mass is 16.1. The summed E-state index contributed by atoms with van der Waals surface area (Å²) in [5.41, 5.74) is 8.16. The molecule has 31 heavy (non-hydrogen) atoms. The Hall–Kier alpha value is -2.99. The Bertz CT molecular complexity index is 1200. The average Bonchev–Trinajstić information content (AvgIpc) is 3.02. The second-order valence-electron chi connectivity index (χ2n) is 9.33. The zero-order valence-electron chi connectivity index (χ0n) is 19.4. The number of nitrogens with zero attached hydrogens (tertiary/aromatic N) is 4. The molecular weight excluding hydrogens is 386 g/mol. The van der Waals surface area contributed by atoms with Gasteiger partial charge in [0.1, 0.15) is 6.54 Å². The summed E-state index contributed by atoms with van der Waals surface area (Å²) in [5, 5.41) is 3.00. The quantitative estimate of drug-likeness (QED) is 0.636. The van der Waals surface area contributed by atoms with E-state index in [4.69, 9.17) is 4.98 Å². The molecule has 3 aromatic rings. The number of rotatable bonds is 4. The summed E-state index contributed by atoms with van der Waals surface area (Å²) in [7, 11) is 6.43. The fourth-order valence-electron chi connectivity index (χ4n) is 4.40. The van der Waals surface area contributed by atoms with E-state index in [0.29, 0.717) is 11.5 Å². The lowest BCUT2D eigenvalue weighted by Gasteiger charge is -2.36. The minimum atomic E-state index is -0.162. The minimum absolute atomic E-state index is 0.162. The maximum absolute atomic E-state index is 13.2. The third-order valence-electron chi connectivity index (χ3n) is 6.25. The fourth-order valence-corrected chi connectivity index (χ4v) is 4.40. The van der Waals surface area contributed by atoms with Crippen LogP contribution in [0.1, 0.15) is 47.1 Å². The van der Waals surface area contributed by atoms with Crippen molar-refractivity contribution in [3.8, 4) is 0 Å². The second-order valence-corrected chi connectivity index (χ2v) is 9.33. The summed E-state index contributed by atoms with van der Waals surface area (Å²) in [5.74, 6) is 0.385. The third-order valence-corrected chi connectivity index (χ3v) is 6.25. The number of benzene rings is 1. The first-order valence-electron chi connectivity index (χ1n) is 10.9. The Morgan fingerprint density at radius 1 is 1.16 bits per heavy atom. The topological polar surface area (TPSA) is 59.8 Å². The average molecular weight is 419 g/mol. The molecule has 1 amide bonds. The number of carbonyl (C=O) groups excluding carboxylic acids is 1. The van der Waals surface area contributed by atoms with Crippen molar-refractivity contribution < 1.29 is 9.28 Å². The van der Waals surface area contributed by atoms with Crippen LogP contribution in [-0.2, 0) is 7.05 Å². The van der Waals surface area contributed by atoms with Crippen LogP contribution in [0.25, 0.3) is 16.6 Å². The molecule has 0 atom stereocenters. The van der Waals surface area contributed by atoms with E-state index in [1.54, 1.807) is 0 Å². The molecule has 0 radical (unpaired) electrons. The Kier molecular flexibility index (Phi) is 5.43. The maximum Gasteiger partial charge on any atom is 0.258 e. The predicted molar refractivity (Wildman–Crippen MR) is 126 cm³/mol. The van der Waals surface area contributed by atoms with Crippen LogP contribution >= 0.6 is 0 Å². The summed E-state index contributed by atoms with van der Waals surface area (Å²) in [4.78, 5) is 22.6. The fraction of sp³-hybridized carbons (Fsp3) is 0.400. The normalized spacial score (nSPS) is 16.1. The summed E-state index contributed by atoms with van der Waals surface area (Å²) in [6, 6.07) is 9.88. The number of quaternary nitrogens is 1. The summed E-state index contributed by atoms with van der Waals surface area (Å²) < 4.78 is 2.86. The van der Waals surface area contributed by atoms with Crippen molar-refractivity contribution in [2.45, 2.75) is 33.6 Å². The number of pyridine rings is 1. The molecule has 1 aromatic carbocycles. The molecular formula is C25H32N5O+. The highest BCUT2D eigenvalue weighted by Gasteiger charge is 2.28. The number of imidazole rings is 1. The number of hydrogen-bond acceptors (Lipinski definition) is 3. The van der Waals surface area contributed by atoms with Gasteiger partial charge in [0.05, 0.1) is 37.4 Å². The van der Waals surface area contributed by atoms with Gasteiger partial charge in [-0.25, -0.2) is 4.98 Å². The first-order valence-corrected chi connectivity index (χ1v) is 10.9. The molecule has 0 saturated carbocycles. The van der Waals surface area contributed by atoms with Crippen LogP contribution in [-0.4, -0.2) is 52.1 Å². The molecule has 4 rings (SSSR count). The number of nitrogens with one attached hydrogen (secondary N) is 1. The summed E-state index contributed by atoms with van der Waals surface area (Å²) >= 11 is 0. The molecule has 0 bridgehead atoms. The molecule has 0 aliphatic carbocycles. The summed E-state index contributed by atoms with van der Waals surface area (Å²) in [6.45, 7) is 8.28. The third kappa shape index (κ3) is 4.26. The van der Waals surface area contributed by atoms with Gasteiger partial charge in [0.2, 0.25) is 5.95 Å². The lowest BCUT2D eigenvalue weighted by Crippen LogP contribution is -2.44. The number of amides is 1. The van der Waals surface area contributed by atoms with E-state index in [9.17, 15) is 4.79 Å². The Labute approximate surface area is 184 Å². The van der Waals surface area contributed by atoms with Crippen LogP contribution in [0, 0.1) is 13.8 Å². The van der Waals surface area contributed by atoms with Crippen LogP contribution in [0.15, 0.2) is 35.9 Å². The van der Waals surface area contributed by atoms with E-state index in [2.05, 4.69) is 44.3 Å². The van der Waals surface area contributed by atoms with E-state index in [1.807, 2.05) is 42.8 Å². The molecule has 6 nitrogen and oxygen atoms in total. The van der Waals surface area contributed by atoms with Crippen molar-refractivity contribution in [2.75, 3.05) is 32.5 Å². The highest BCUT2D eigenvalue weighted by molar-refractivity contribution is 6.04. The molecule has 162 valence electrons. The van der Waals surface area contributed by atoms with Crippen molar-refractivity contribution in [1.29, 1.82) is 0 Å². The molecule has 0 spiro atoms. The first-order chi connectivity index (χ1) is 14.7. The van der Waals surface area contributed by atoms with E-state index in [-0.39, 0.29) is 5.91 Å². The smallest absolute Gasteiger partial charge is 0.258 e. The Morgan fingerprint density at radius 2 is 1.94 bits per heavy atom. The van der Waals surface area contributed by atoms with E-state index in [1.165, 1.54) is 11.1 Å². The molecule has 6 heteroatoms. The van der Waals surface area contributed by atoms with Crippen LogP contribution in [0.4, 0.5) is 5.95 Å². The number of aromatic nitrogens is 3. The van der Waals surface area contributed by atoms with E-state index < -0.39 is 0 Å². The highest BCUT2D eigenvalue weighted by Crippen LogP contribution is 2.30. The number of carbonyl (C=O) groups is 1. The number of hydrogen-bond donors (Lipinski definition) is 1. The molecule has 3 heterocycles. The van der Waals surface area contributed by atoms with Gasteiger partial charge in [-0.1, -0.05) is 18.6 Å². The van der Waals surface area contributed by atoms with Gasteiger partial charge in [0, 0.05) is 30.3 Å². The van der Waals surface area contributed by atoms with Gasteiger partial charge in [0.25, 0.3) is 5.91 Å². The van der Waals surface area contributed by atoms with Gasteiger partial charge in [0.15, 0.2) is 0 Å². The number of likely N-dealkylation sites (N-methyl/N-ethyl adjacent to an activating group) is 1. The molecule has 0 fully saturated rings. The summed E-state index contributed by atoms with van der Waals surface area (Å²) in [6.07, 6.45) is 2.10. The van der Waals surface area contributed by atoms with Crippen LogP contribution in [0.5, 0.6) is 0 Å². The maximum atomic E-state index is 13.2. The standard InChI is InChI=1S/C25H31N5O/c1-7-18-10-11-30(5,6)15-20(18)22-14-19(13-17(3)26-22)24(31)28-25-27-21-9-8-16(2)12-23(21)29(25)4/h8-9,12-14H,7,10-11,15H2,1-6H3/p+1. The number of anilines is 1. The molecule has 1 N–H and O–H groups in total. The van der Waals surface area contributed by atoms with Gasteiger partial charge in [-0.3, -0.25) is 15.1 Å². The van der Waals surface area contributed by atoms with Gasteiger partial charge in [-0.2, -0.15) is 0 Å². The van der Waals surface area contributed by atoms with Crippen LogP contribution in [0.3, 0.4) is 0 Å². The van der Waals surface area contributed by atoms with Crippen LogP contribution in [0.2, 0.25) is 0 Å². The van der Waals surface area contributed by atoms with Gasteiger partial charge in [-0.15, -0.1) is 0 Å². The van der Waals surface area contributed by atoms with E-state index >= 15 is 0 Å². The molecule has 1 aliphatic rings. The van der Waals surface area contributed by atoms with Crippen molar-refractivity contribution in [1.82, 2.24) is 14.5 Å². The second kappa shape index (κ2) is 7.93. The van der Waals surface area contributed by atoms with Gasteiger partial charge < -0.3 is 9.05 Å². The molecule has 0 saturated heterocycles. The van der Waals surface area contributed by atoms with Crippen LogP contribution < -0.4 is 5.32 Å². The Balaban J connectivity index is 1.68. The number of fused-ring (bicyclic) bond motifs is 1. The number of aryl methyl sites for hydroxylation is 3. The van der Waals surface area contributed by atoms with Crippen molar-refractivity contribution in [3.63, 3.8) is 0 Å². The minimum Gasteiger partial charge on any atom is -0.324 e. The molecule has 1 aliphatic heterocycles. The molecule has 0 unspecified atom stereocenters. The van der Waals surface area contributed by atoms with Crippen molar-refractivity contribution in [2.24, 2.45) is 7.05 Å². The van der Waals surface area contributed by atoms with Gasteiger partial charge >= 0.3 is 0 Å². The van der Waals surface area contributed by atoms with Gasteiger partial charge in [-0.05, 0) is 50.1 Å². The first kappa shape index (κ1) is 21.2. The predicted octanol–water partition coefficient (Wildman–Crippen LogP) is 4.48. The zero-order valence-corrected chi connectivity index (χ0v) is 19.4. The monoisotopic (exact) mass is 418 g/mol. The lowest BCUT2D eigenvalue weighted by atomic mass is 9.93. The Morgan fingerprint density at radius 3 is 2.68 bits per heavy atom. The van der Waals surface area contributed by atoms with E-state index in [0.717, 1.165) is 58.4 Å². The lowest BCUT2D eigenvalue weighted by molar-refractivity contribution is -0.884. The zero-order chi connectivity index (χ0) is 22.3. The van der Waals surface area contributed by atoms with Crippen molar-refractivity contribution >= 4 is 28.5 Å². The SMILES string of the molecule is CCC1=C(c2cc(C(=O)Nc3nc4ccc(C)cc4n3C)cc(C)n2)C[N+](C)(C)CC1. The largest absolute Gasteiger partial charge is 0.324 e.